The molecule has 6 unspecified atom stereocenters. The number of phenols is 1. The lowest BCUT2D eigenvalue weighted by atomic mass is 9.57. The molecule has 0 spiro atoms. The highest BCUT2D eigenvalue weighted by molar-refractivity contribution is 6.24. The fraction of sp³-hybridized carbons (Fsp3) is 0.351. The number of hydrogen-bond acceptors (Lipinski definition) is 6. The summed E-state index contributed by atoms with van der Waals surface area (Å²) in [6.45, 7) is 4.09. The molecule has 3 aromatic rings. The average molecular weight is 605 g/mol. The van der Waals surface area contributed by atoms with E-state index in [2.05, 4.69) is 0 Å². The number of aromatic hydroxyl groups is 1. The topological polar surface area (TPSA) is 104 Å². The second-order valence-corrected chi connectivity index (χ2v) is 12.5. The third-order valence-corrected chi connectivity index (χ3v) is 10.4. The fourth-order valence-corrected chi connectivity index (χ4v) is 8.12. The number of phenolic OH excluding ortho intramolecular Hbond substituents is 1. The van der Waals surface area contributed by atoms with Crippen LogP contribution in [0, 0.1) is 29.6 Å². The minimum atomic E-state index is -0.773. The normalized spacial score (nSPS) is 27.3. The number of carbonyl (C=O) groups is 4. The Kier molecular flexibility index (Phi) is 7.10. The van der Waals surface area contributed by atoms with Crippen molar-refractivity contribution in [2.45, 2.75) is 45.4 Å². The van der Waals surface area contributed by atoms with Crippen LogP contribution in [0.15, 0.2) is 78.4 Å². The van der Waals surface area contributed by atoms with E-state index in [1.54, 1.807) is 24.3 Å². The number of rotatable bonds is 6. The number of anilines is 2. The maximum atomic E-state index is 14.3. The molecule has 3 fully saturated rings. The molecule has 7 rings (SSSR count). The number of methoxy groups -OCH3 is 1. The molecule has 0 aromatic heterocycles. The molecule has 2 saturated heterocycles. The lowest BCUT2D eigenvalue weighted by Crippen LogP contribution is -2.43. The molecule has 0 radical (unpaired) electrons. The lowest BCUT2D eigenvalue weighted by Gasteiger charge is -2.44. The SMILES string of the molecule is CCc1ccc(N2C(=O)C3CC=C4C(CC5C(=O)N(c6ccc(CC)cc6)C(=O)C5C4c4cc(OC)ccc4O)C3C2=O)cc1. The Balaban J connectivity index is 1.33. The van der Waals surface area contributed by atoms with Crippen LogP contribution < -0.4 is 14.5 Å². The van der Waals surface area contributed by atoms with Crippen molar-refractivity contribution in [3.05, 3.63) is 95.1 Å². The van der Waals surface area contributed by atoms with Gasteiger partial charge < -0.3 is 9.84 Å². The molecule has 3 aromatic carbocycles. The van der Waals surface area contributed by atoms with Crippen LogP contribution in [0.4, 0.5) is 11.4 Å². The Hall–Kier alpha value is -4.72. The van der Waals surface area contributed by atoms with E-state index in [0.29, 0.717) is 29.1 Å². The summed E-state index contributed by atoms with van der Waals surface area (Å²) in [6.07, 6.45) is 4.27. The van der Waals surface area contributed by atoms with Crippen LogP contribution in [0.5, 0.6) is 11.5 Å². The first-order valence-corrected chi connectivity index (χ1v) is 15.8. The van der Waals surface area contributed by atoms with Crippen molar-refractivity contribution in [2.75, 3.05) is 16.9 Å². The molecule has 2 aliphatic heterocycles. The number of benzene rings is 3. The van der Waals surface area contributed by atoms with Crippen LogP contribution in [0.3, 0.4) is 0 Å². The van der Waals surface area contributed by atoms with Gasteiger partial charge in [0.05, 0.1) is 42.2 Å². The van der Waals surface area contributed by atoms with Gasteiger partial charge in [-0.2, -0.15) is 0 Å². The van der Waals surface area contributed by atoms with Gasteiger partial charge in [0.1, 0.15) is 11.5 Å². The smallest absolute Gasteiger partial charge is 0.238 e. The number of aryl methyl sites for hydroxylation is 2. The van der Waals surface area contributed by atoms with Crippen molar-refractivity contribution in [3.8, 4) is 11.5 Å². The van der Waals surface area contributed by atoms with Crippen LogP contribution in [-0.2, 0) is 32.0 Å². The second kappa shape index (κ2) is 11.0. The third-order valence-electron chi connectivity index (χ3n) is 10.4. The Morgan fingerprint density at radius 3 is 1.82 bits per heavy atom. The van der Waals surface area contributed by atoms with E-state index < -0.39 is 35.5 Å². The van der Waals surface area contributed by atoms with Crippen LogP contribution in [-0.4, -0.2) is 35.8 Å². The van der Waals surface area contributed by atoms with Gasteiger partial charge in [0.25, 0.3) is 0 Å². The van der Waals surface area contributed by atoms with E-state index in [0.717, 1.165) is 29.5 Å². The van der Waals surface area contributed by atoms with E-state index in [9.17, 15) is 24.3 Å². The zero-order chi connectivity index (χ0) is 31.6. The van der Waals surface area contributed by atoms with Crippen LogP contribution >= 0.6 is 0 Å². The Labute approximate surface area is 262 Å². The summed E-state index contributed by atoms with van der Waals surface area (Å²) in [5, 5.41) is 11.2. The highest BCUT2D eigenvalue weighted by atomic mass is 16.5. The number of imide groups is 2. The zero-order valence-electron chi connectivity index (χ0n) is 25.6. The van der Waals surface area contributed by atoms with Gasteiger partial charge >= 0.3 is 0 Å². The average Bonchev–Trinajstić information content (AvgIpc) is 3.47. The van der Waals surface area contributed by atoms with Gasteiger partial charge in [-0.25, -0.2) is 0 Å². The Morgan fingerprint density at radius 1 is 0.711 bits per heavy atom. The minimum absolute atomic E-state index is 0.0133. The largest absolute Gasteiger partial charge is 0.508 e. The number of ether oxygens (including phenoxy) is 1. The first kappa shape index (κ1) is 29.0. The van der Waals surface area contributed by atoms with Crippen LogP contribution in [0.2, 0.25) is 0 Å². The lowest BCUT2D eigenvalue weighted by molar-refractivity contribution is -0.126. The molecule has 8 nitrogen and oxygen atoms in total. The van der Waals surface area contributed by atoms with Crippen LogP contribution in [0.25, 0.3) is 0 Å². The van der Waals surface area contributed by atoms with Crippen molar-refractivity contribution in [3.63, 3.8) is 0 Å². The van der Waals surface area contributed by atoms with Gasteiger partial charge in [0.15, 0.2) is 0 Å². The van der Waals surface area contributed by atoms with E-state index in [-0.39, 0.29) is 35.8 Å². The summed E-state index contributed by atoms with van der Waals surface area (Å²) < 4.78 is 5.49. The number of amides is 4. The molecule has 4 aliphatic rings. The van der Waals surface area contributed by atoms with Crippen LogP contribution in [0.1, 0.15) is 49.3 Å². The molecule has 4 amide bonds. The summed E-state index contributed by atoms with van der Waals surface area (Å²) in [6, 6.07) is 19.8. The second-order valence-electron chi connectivity index (χ2n) is 12.5. The van der Waals surface area contributed by atoms with Crippen molar-refractivity contribution in [1.29, 1.82) is 0 Å². The molecule has 6 atom stereocenters. The first-order valence-electron chi connectivity index (χ1n) is 15.8. The molecule has 2 aliphatic carbocycles. The summed E-state index contributed by atoms with van der Waals surface area (Å²) in [5.41, 5.74) is 4.56. The van der Waals surface area contributed by atoms with E-state index in [4.69, 9.17) is 4.74 Å². The molecular formula is C37H36N2O6. The van der Waals surface area contributed by atoms with E-state index in [1.807, 2.05) is 56.3 Å². The fourth-order valence-electron chi connectivity index (χ4n) is 8.12. The molecule has 2 heterocycles. The molecule has 8 heteroatoms. The predicted molar refractivity (Wildman–Crippen MR) is 169 cm³/mol. The highest BCUT2D eigenvalue weighted by Crippen LogP contribution is 2.59. The number of hydrogen-bond donors (Lipinski definition) is 1. The van der Waals surface area contributed by atoms with Crippen molar-refractivity contribution < 1.29 is 29.0 Å². The van der Waals surface area contributed by atoms with Crippen molar-refractivity contribution >= 4 is 35.0 Å². The number of allylic oxidation sites excluding steroid dienone is 2. The standard InChI is InChI=1S/C37H36N2O6/c1-4-20-6-10-22(11-7-20)38-34(41)26-16-15-25-27(32(26)36(38)43)19-29-33(31(25)28-18-24(45-3)14-17-30(28)40)37(44)39(35(29)42)23-12-8-21(5-2)9-13-23/h6-15,17-18,26-27,29,31-33,40H,4-5,16,19H2,1-3H3. The van der Waals surface area contributed by atoms with Gasteiger partial charge in [0.2, 0.25) is 23.6 Å². The molecule has 1 N–H and O–H groups in total. The van der Waals surface area contributed by atoms with Crippen molar-refractivity contribution in [2.24, 2.45) is 29.6 Å². The predicted octanol–water partition coefficient (Wildman–Crippen LogP) is 5.57. The monoisotopic (exact) mass is 604 g/mol. The summed E-state index contributed by atoms with van der Waals surface area (Å²) in [7, 11) is 1.53. The van der Waals surface area contributed by atoms with E-state index in [1.165, 1.54) is 23.0 Å². The molecule has 230 valence electrons. The van der Waals surface area contributed by atoms with E-state index >= 15 is 0 Å². The van der Waals surface area contributed by atoms with Crippen molar-refractivity contribution in [1.82, 2.24) is 0 Å². The van der Waals surface area contributed by atoms with Gasteiger partial charge in [-0.15, -0.1) is 0 Å². The molecular weight excluding hydrogens is 568 g/mol. The third kappa shape index (κ3) is 4.41. The quantitative estimate of drug-likeness (QED) is 0.292. The summed E-state index contributed by atoms with van der Waals surface area (Å²) in [5.74, 6) is -4.49. The van der Waals surface area contributed by atoms with Gasteiger partial charge in [-0.05, 0) is 85.2 Å². The van der Waals surface area contributed by atoms with Gasteiger partial charge in [-0.1, -0.05) is 49.8 Å². The highest BCUT2D eigenvalue weighted by Gasteiger charge is 2.62. The molecule has 0 bridgehead atoms. The van der Waals surface area contributed by atoms with Gasteiger partial charge in [-0.3, -0.25) is 29.0 Å². The maximum absolute atomic E-state index is 14.3. The summed E-state index contributed by atoms with van der Waals surface area (Å²) in [4.78, 5) is 59.1. The number of carbonyl (C=O) groups excluding carboxylic acids is 4. The van der Waals surface area contributed by atoms with Gasteiger partial charge in [0, 0.05) is 11.5 Å². The summed E-state index contributed by atoms with van der Waals surface area (Å²) >= 11 is 0. The molecule has 45 heavy (non-hydrogen) atoms. The molecule has 1 saturated carbocycles. The maximum Gasteiger partial charge on any atom is 0.238 e. The zero-order valence-corrected chi connectivity index (χ0v) is 25.6. The number of fused-ring (bicyclic) bond motifs is 4. The number of nitrogens with zero attached hydrogens (tertiary/aromatic N) is 2. The minimum Gasteiger partial charge on any atom is -0.508 e. The first-order chi connectivity index (χ1) is 21.8. The Morgan fingerprint density at radius 2 is 1.27 bits per heavy atom. The Bertz CT molecular complexity index is 1740.